The van der Waals surface area contributed by atoms with Crippen molar-refractivity contribution in [2.24, 2.45) is 0 Å². The highest BCUT2D eigenvalue weighted by Gasteiger charge is 2.07. The maximum absolute atomic E-state index is 5.44. The summed E-state index contributed by atoms with van der Waals surface area (Å²) in [5.41, 5.74) is 3.02. The smallest absolute Gasteiger partial charge is 0.156 e. The van der Waals surface area contributed by atoms with Crippen LogP contribution in [0, 0.1) is 0 Å². The second-order valence-corrected chi connectivity index (χ2v) is 5.42. The average molecular weight is 300 g/mol. The van der Waals surface area contributed by atoms with Crippen LogP contribution in [-0.4, -0.2) is 5.16 Å². The molecule has 1 heterocycles. The quantitative estimate of drug-likeness (QED) is 0.569. The maximum Gasteiger partial charge on any atom is 0.156 e. The lowest BCUT2D eigenvalue weighted by Gasteiger charge is -2.07. The van der Waals surface area contributed by atoms with Gasteiger partial charge in [-0.2, -0.15) is 0 Å². The SMILES string of the molecule is c1ccc(-c2cc(CNc3cccc4ccccc34)on2)cc1. The lowest BCUT2D eigenvalue weighted by atomic mass is 10.1. The molecule has 23 heavy (non-hydrogen) atoms. The molecule has 0 fully saturated rings. The highest BCUT2D eigenvalue weighted by Crippen LogP contribution is 2.24. The van der Waals surface area contributed by atoms with Gasteiger partial charge in [-0.1, -0.05) is 71.9 Å². The van der Waals surface area contributed by atoms with Gasteiger partial charge in [0.15, 0.2) is 5.76 Å². The Morgan fingerprint density at radius 1 is 0.826 bits per heavy atom. The Hall–Kier alpha value is -3.07. The van der Waals surface area contributed by atoms with E-state index >= 15 is 0 Å². The van der Waals surface area contributed by atoms with E-state index in [0.717, 1.165) is 22.7 Å². The van der Waals surface area contributed by atoms with Gasteiger partial charge in [0.1, 0.15) is 5.69 Å². The summed E-state index contributed by atoms with van der Waals surface area (Å²) < 4.78 is 5.44. The summed E-state index contributed by atoms with van der Waals surface area (Å²) in [5.74, 6) is 0.816. The zero-order chi connectivity index (χ0) is 15.5. The fourth-order valence-corrected chi connectivity index (χ4v) is 2.70. The first-order valence-electron chi connectivity index (χ1n) is 7.63. The molecule has 0 amide bonds. The molecule has 0 aliphatic carbocycles. The van der Waals surface area contributed by atoms with E-state index in [1.54, 1.807) is 0 Å². The lowest BCUT2D eigenvalue weighted by molar-refractivity contribution is 0.390. The van der Waals surface area contributed by atoms with Gasteiger partial charge in [-0.25, -0.2) is 0 Å². The van der Waals surface area contributed by atoms with E-state index < -0.39 is 0 Å². The molecule has 4 rings (SSSR count). The molecule has 1 N–H and O–H groups in total. The maximum atomic E-state index is 5.44. The van der Waals surface area contributed by atoms with E-state index in [4.69, 9.17) is 4.52 Å². The summed E-state index contributed by atoms with van der Waals surface area (Å²) in [4.78, 5) is 0. The average Bonchev–Trinajstić information content (AvgIpc) is 3.10. The monoisotopic (exact) mass is 300 g/mol. The Bertz CT molecular complexity index is 923. The predicted octanol–water partition coefficient (Wildman–Crippen LogP) is 5.11. The third-order valence-corrected chi connectivity index (χ3v) is 3.87. The van der Waals surface area contributed by atoms with Crippen LogP contribution >= 0.6 is 0 Å². The van der Waals surface area contributed by atoms with Gasteiger partial charge in [0, 0.05) is 22.7 Å². The number of hydrogen-bond donors (Lipinski definition) is 1. The Morgan fingerprint density at radius 2 is 1.61 bits per heavy atom. The van der Waals surface area contributed by atoms with Crippen molar-refractivity contribution in [3.8, 4) is 11.3 Å². The summed E-state index contributed by atoms with van der Waals surface area (Å²) in [6.45, 7) is 0.605. The third kappa shape index (κ3) is 2.81. The summed E-state index contributed by atoms with van der Waals surface area (Å²) >= 11 is 0. The van der Waals surface area contributed by atoms with Crippen molar-refractivity contribution >= 4 is 16.5 Å². The molecule has 3 aromatic carbocycles. The third-order valence-electron chi connectivity index (χ3n) is 3.87. The van der Waals surface area contributed by atoms with Gasteiger partial charge in [-0.3, -0.25) is 0 Å². The Labute approximate surface area is 134 Å². The van der Waals surface area contributed by atoms with Gasteiger partial charge in [0.25, 0.3) is 0 Å². The van der Waals surface area contributed by atoms with Crippen LogP contribution in [-0.2, 0) is 6.54 Å². The molecule has 0 aliphatic heterocycles. The number of aromatic nitrogens is 1. The van der Waals surface area contributed by atoms with Crippen molar-refractivity contribution in [3.05, 3.63) is 84.6 Å². The molecule has 0 saturated carbocycles. The minimum atomic E-state index is 0.605. The molecule has 3 heteroatoms. The van der Waals surface area contributed by atoms with E-state index in [2.05, 4.69) is 52.9 Å². The largest absolute Gasteiger partial charge is 0.377 e. The van der Waals surface area contributed by atoms with E-state index in [-0.39, 0.29) is 0 Å². The summed E-state index contributed by atoms with van der Waals surface area (Å²) in [7, 11) is 0. The van der Waals surface area contributed by atoms with Crippen LogP contribution in [0.25, 0.3) is 22.0 Å². The number of nitrogens with zero attached hydrogens (tertiary/aromatic N) is 1. The van der Waals surface area contributed by atoms with E-state index in [1.165, 1.54) is 10.8 Å². The van der Waals surface area contributed by atoms with Gasteiger partial charge in [-0.05, 0) is 11.5 Å². The van der Waals surface area contributed by atoms with Crippen LogP contribution in [0.2, 0.25) is 0 Å². The van der Waals surface area contributed by atoms with E-state index in [9.17, 15) is 0 Å². The fourth-order valence-electron chi connectivity index (χ4n) is 2.70. The Morgan fingerprint density at radius 3 is 2.52 bits per heavy atom. The molecule has 4 aromatic rings. The predicted molar refractivity (Wildman–Crippen MR) is 93.2 cm³/mol. The zero-order valence-corrected chi connectivity index (χ0v) is 12.6. The first-order chi connectivity index (χ1) is 11.4. The molecule has 1 aromatic heterocycles. The number of nitrogens with one attached hydrogen (secondary N) is 1. The number of anilines is 1. The highest BCUT2D eigenvalue weighted by atomic mass is 16.5. The molecule has 3 nitrogen and oxygen atoms in total. The summed E-state index contributed by atoms with van der Waals surface area (Å²) in [6.07, 6.45) is 0. The van der Waals surface area contributed by atoms with Crippen LogP contribution < -0.4 is 5.32 Å². The molecule has 0 atom stereocenters. The first kappa shape index (κ1) is 13.6. The number of benzene rings is 3. The van der Waals surface area contributed by atoms with Crippen LogP contribution in [0.15, 0.2) is 83.4 Å². The van der Waals surface area contributed by atoms with Crippen molar-refractivity contribution in [2.45, 2.75) is 6.54 Å². The number of rotatable bonds is 4. The number of fused-ring (bicyclic) bond motifs is 1. The lowest BCUT2D eigenvalue weighted by Crippen LogP contribution is -1.98. The van der Waals surface area contributed by atoms with Crippen molar-refractivity contribution in [1.29, 1.82) is 0 Å². The van der Waals surface area contributed by atoms with E-state index in [0.29, 0.717) is 6.54 Å². The molecule has 0 unspecified atom stereocenters. The summed E-state index contributed by atoms with van der Waals surface area (Å²) in [6, 6.07) is 26.6. The van der Waals surface area contributed by atoms with Gasteiger partial charge < -0.3 is 9.84 Å². The molecular formula is C20H16N2O. The van der Waals surface area contributed by atoms with Crippen molar-refractivity contribution in [3.63, 3.8) is 0 Å². The Kier molecular flexibility index (Phi) is 3.53. The first-order valence-corrected chi connectivity index (χ1v) is 7.63. The van der Waals surface area contributed by atoms with E-state index in [1.807, 2.05) is 36.4 Å². The standard InChI is InChI=1S/C20H16N2O/c1-2-8-16(9-3-1)20-13-17(23-22-20)14-21-19-12-6-10-15-7-4-5-11-18(15)19/h1-13,21H,14H2. The van der Waals surface area contributed by atoms with Gasteiger partial charge >= 0.3 is 0 Å². The topological polar surface area (TPSA) is 38.1 Å². The zero-order valence-electron chi connectivity index (χ0n) is 12.6. The molecule has 0 spiro atoms. The molecule has 0 aliphatic rings. The molecular weight excluding hydrogens is 284 g/mol. The summed E-state index contributed by atoms with van der Waals surface area (Å²) in [5, 5.41) is 10.0. The van der Waals surface area contributed by atoms with Crippen molar-refractivity contribution in [2.75, 3.05) is 5.32 Å². The molecule has 0 saturated heterocycles. The van der Waals surface area contributed by atoms with Crippen LogP contribution in [0.3, 0.4) is 0 Å². The van der Waals surface area contributed by atoms with Crippen LogP contribution in [0.1, 0.15) is 5.76 Å². The molecule has 112 valence electrons. The van der Waals surface area contributed by atoms with Gasteiger partial charge in [0.2, 0.25) is 0 Å². The minimum absolute atomic E-state index is 0.605. The van der Waals surface area contributed by atoms with Gasteiger partial charge in [0.05, 0.1) is 6.54 Å². The number of hydrogen-bond acceptors (Lipinski definition) is 3. The second-order valence-electron chi connectivity index (χ2n) is 5.42. The molecule has 0 radical (unpaired) electrons. The van der Waals surface area contributed by atoms with Gasteiger partial charge in [-0.15, -0.1) is 0 Å². The van der Waals surface area contributed by atoms with Crippen molar-refractivity contribution < 1.29 is 4.52 Å². The second kappa shape index (κ2) is 5.97. The minimum Gasteiger partial charge on any atom is -0.377 e. The normalized spacial score (nSPS) is 10.8. The van der Waals surface area contributed by atoms with Crippen LogP contribution in [0.4, 0.5) is 5.69 Å². The highest BCUT2D eigenvalue weighted by molar-refractivity contribution is 5.93. The molecule has 0 bridgehead atoms. The fraction of sp³-hybridized carbons (Fsp3) is 0.0500. The Balaban J connectivity index is 1.54. The van der Waals surface area contributed by atoms with Crippen LogP contribution in [0.5, 0.6) is 0 Å². The van der Waals surface area contributed by atoms with Crippen molar-refractivity contribution in [1.82, 2.24) is 5.16 Å².